The minimum Gasteiger partial charge on any atom is -0.316 e. The first kappa shape index (κ1) is 13.6. The first-order valence-corrected chi connectivity index (χ1v) is 7.32. The molecule has 0 saturated heterocycles. The van der Waals surface area contributed by atoms with Crippen molar-refractivity contribution in [2.24, 2.45) is 11.3 Å². The first-order valence-electron chi connectivity index (χ1n) is 7.32. The molecule has 100 valence electrons. The van der Waals surface area contributed by atoms with Crippen molar-refractivity contribution < 1.29 is 0 Å². The van der Waals surface area contributed by atoms with Gasteiger partial charge in [0.25, 0.3) is 0 Å². The average molecular weight is 245 g/mol. The van der Waals surface area contributed by atoms with E-state index < -0.39 is 0 Å². The second-order valence-electron chi connectivity index (χ2n) is 6.32. The fraction of sp³-hybridized carbons (Fsp3) is 0.647. The van der Waals surface area contributed by atoms with Crippen molar-refractivity contribution in [1.29, 1.82) is 0 Å². The van der Waals surface area contributed by atoms with Gasteiger partial charge in [-0.05, 0) is 62.1 Å². The Morgan fingerprint density at radius 3 is 2.61 bits per heavy atom. The van der Waals surface area contributed by atoms with Gasteiger partial charge in [-0.2, -0.15) is 0 Å². The first-order chi connectivity index (χ1) is 8.55. The third kappa shape index (κ3) is 3.14. The quantitative estimate of drug-likeness (QED) is 0.802. The summed E-state index contributed by atoms with van der Waals surface area (Å²) in [5, 5.41) is 3.56. The lowest BCUT2D eigenvalue weighted by Crippen LogP contribution is -2.35. The molecule has 1 aromatic rings. The number of aryl methyl sites for hydroxylation is 2. The van der Waals surface area contributed by atoms with Gasteiger partial charge in [0.1, 0.15) is 0 Å². The highest BCUT2D eigenvalue weighted by atomic mass is 14.9. The minimum atomic E-state index is 0.439. The zero-order valence-corrected chi connectivity index (χ0v) is 12.3. The maximum atomic E-state index is 3.56. The smallest absolute Gasteiger partial charge is 0.00109 e. The van der Waals surface area contributed by atoms with Crippen LogP contribution < -0.4 is 5.32 Å². The summed E-state index contributed by atoms with van der Waals surface area (Å²) in [6.45, 7) is 11.3. The van der Waals surface area contributed by atoms with E-state index in [2.05, 4.69) is 51.2 Å². The number of benzene rings is 1. The Labute approximate surface area is 112 Å². The van der Waals surface area contributed by atoms with Gasteiger partial charge in [0.15, 0.2) is 0 Å². The molecule has 0 radical (unpaired) electrons. The lowest BCUT2D eigenvalue weighted by atomic mass is 9.77. The number of nitrogens with one attached hydrogen (secondary N) is 1. The maximum absolute atomic E-state index is 3.56. The summed E-state index contributed by atoms with van der Waals surface area (Å²) < 4.78 is 0. The van der Waals surface area contributed by atoms with Crippen LogP contribution in [0.15, 0.2) is 18.2 Å². The zero-order chi connectivity index (χ0) is 13.2. The molecule has 18 heavy (non-hydrogen) atoms. The van der Waals surface area contributed by atoms with Crippen molar-refractivity contribution in [2.75, 3.05) is 13.1 Å². The molecule has 1 saturated carbocycles. The highest BCUT2D eigenvalue weighted by Crippen LogP contribution is 2.47. The van der Waals surface area contributed by atoms with Gasteiger partial charge >= 0.3 is 0 Å². The third-order valence-corrected chi connectivity index (χ3v) is 4.44. The normalized spacial score (nSPS) is 18.7. The minimum absolute atomic E-state index is 0.439. The lowest BCUT2D eigenvalue weighted by Gasteiger charge is -2.31. The monoisotopic (exact) mass is 245 g/mol. The van der Waals surface area contributed by atoms with Crippen LogP contribution in [0, 0.1) is 25.2 Å². The van der Waals surface area contributed by atoms with E-state index in [4.69, 9.17) is 0 Å². The molecule has 1 nitrogen and oxygen atoms in total. The Balaban J connectivity index is 2.15. The molecule has 1 unspecified atom stereocenters. The SMILES string of the molecule is CCNCC(C)(Cc1cc(C)ccc1C)C1CC1. The molecule has 0 aliphatic heterocycles. The van der Waals surface area contributed by atoms with Gasteiger partial charge in [-0.3, -0.25) is 0 Å². The lowest BCUT2D eigenvalue weighted by molar-refractivity contribution is 0.257. The van der Waals surface area contributed by atoms with E-state index in [1.807, 2.05) is 0 Å². The van der Waals surface area contributed by atoms with E-state index >= 15 is 0 Å². The van der Waals surface area contributed by atoms with E-state index in [0.29, 0.717) is 5.41 Å². The van der Waals surface area contributed by atoms with Gasteiger partial charge in [0.2, 0.25) is 0 Å². The van der Waals surface area contributed by atoms with E-state index in [1.54, 1.807) is 5.56 Å². The van der Waals surface area contributed by atoms with Crippen LogP contribution in [0.4, 0.5) is 0 Å². The second-order valence-corrected chi connectivity index (χ2v) is 6.32. The molecular formula is C17H27N. The Bertz CT molecular complexity index is 406. The van der Waals surface area contributed by atoms with Crippen molar-refractivity contribution in [3.63, 3.8) is 0 Å². The van der Waals surface area contributed by atoms with Crippen LogP contribution in [-0.2, 0) is 6.42 Å². The summed E-state index contributed by atoms with van der Waals surface area (Å²) in [7, 11) is 0. The largest absolute Gasteiger partial charge is 0.316 e. The summed E-state index contributed by atoms with van der Waals surface area (Å²) in [6.07, 6.45) is 4.07. The highest BCUT2D eigenvalue weighted by molar-refractivity contribution is 5.31. The predicted molar refractivity (Wildman–Crippen MR) is 79.0 cm³/mol. The highest BCUT2D eigenvalue weighted by Gasteiger charge is 2.41. The van der Waals surface area contributed by atoms with Crippen LogP contribution >= 0.6 is 0 Å². The summed E-state index contributed by atoms with van der Waals surface area (Å²) in [6, 6.07) is 6.87. The van der Waals surface area contributed by atoms with Crippen LogP contribution in [0.2, 0.25) is 0 Å². The number of hydrogen-bond acceptors (Lipinski definition) is 1. The Morgan fingerprint density at radius 1 is 1.28 bits per heavy atom. The van der Waals surface area contributed by atoms with Gasteiger partial charge in [-0.1, -0.05) is 37.6 Å². The predicted octanol–water partition coefficient (Wildman–Crippen LogP) is 3.87. The maximum Gasteiger partial charge on any atom is 0.00109 e. The van der Waals surface area contributed by atoms with E-state index in [1.165, 1.54) is 30.4 Å². The van der Waals surface area contributed by atoms with Gasteiger partial charge < -0.3 is 5.32 Å². The van der Waals surface area contributed by atoms with Crippen LogP contribution in [0.25, 0.3) is 0 Å². The second kappa shape index (κ2) is 5.44. The molecule has 1 N–H and O–H groups in total. The van der Waals surface area contributed by atoms with Crippen LogP contribution in [0.1, 0.15) is 43.4 Å². The molecule has 1 aliphatic carbocycles. The topological polar surface area (TPSA) is 12.0 Å². The summed E-state index contributed by atoms with van der Waals surface area (Å²) >= 11 is 0. The fourth-order valence-corrected chi connectivity index (χ4v) is 2.97. The van der Waals surface area contributed by atoms with Crippen LogP contribution in [0.3, 0.4) is 0 Å². The molecule has 0 heterocycles. The van der Waals surface area contributed by atoms with Gasteiger partial charge in [0.05, 0.1) is 0 Å². The van der Waals surface area contributed by atoms with Crippen LogP contribution in [0.5, 0.6) is 0 Å². The Morgan fingerprint density at radius 2 is 2.00 bits per heavy atom. The average Bonchev–Trinajstić information content (AvgIpc) is 3.16. The van der Waals surface area contributed by atoms with E-state index in [0.717, 1.165) is 19.0 Å². The molecule has 1 heteroatoms. The van der Waals surface area contributed by atoms with Crippen molar-refractivity contribution in [3.8, 4) is 0 Å². The van der Waals surface area contributed by atoms with E-state index in [-0.39, 0.29) is 0 Å². The molecule has 0 spiro atoms. The number of rotatable bonds is 6. The molecule has 1 atom stereocenters. The molecule has 0 bridgehead atoms. The Hall–Kier alpha value is -0.820. The third-order valence-electron chi connectivity index (χ3n) is 4.44. The molecule has 2 rings (SSSR count). The summed E-state index contributed by atoms with van der Waals surface area (Å²) in [5.74, 6) is 0.927. The van der Waals surface area contributed by atoms with Gasteiger partial charge in [0, 0.05) is 6.54 Å². The van der Waals surface area contributed by atoms with Crippen molar-refractivity contribution in [2.45, 2.75) is 47.0 Å². The zero-order valence-electron chi connectivity index (χ0n) is 12.3. The van der Waals surface area contributed by atoms with Crippen molar-refractivity contribution >= 4 is 0 Å². The summed E-state index contributed by atoms with van der Waals surface area (Å²) in [5.41, 5.74) is 4.82. The Kier molecular flexibility index (Phi) is 4.11. The summed E-state index contributed by atoms with van der Waals surface area (Å²) in [4.78, 5) is 0. The fourth-order valence-electron chi connectivity index (χ4n) is 2.97. The van der Waals surface area contributed by atoms with Gasteiger partial charge in [-0.15, -0.1) is 0 Å². The molecule has 1 aliphatic rings. The number of hydrogen-bond donors (Lipinski definition) is 1. The molecule has 1 aromatic carbocycles. The van der Waals surface area contributed by atoms with Crippen molar-refractivity contribution in [3.05, 3.63) is 34.9 Å². The molecule has 1 fully saturated rings. The van der Waals surface area contributed by atoms with Crippen LogP contribution in [-0.4, -0.2) is 13.1 Å². The molecule has 0 amide bonds. The molecular weight excluding hydrogens is 218 g/mol. The van der Waals surface area contributed by atoms with E-state index in [9.17, 15) is 0 Å². The standard InChI is InChI=1S/C17H27N/c1-5-18-12-17(4,16-8-9-16)11-15-10-13(2)6-7-14(15)3/h6-7,10,16,18H,5,8-9,11-12H2,1-4H3. The van der Waals surface area contributed by atoms with Crippen molar-refractivity contribution in [1.82, 2.24) is 5.32 Å². The van der Waals surface area contributed by atoms with Gasteiger partial charge in [-0.25, -0.2) is 0 Å². The molecule has 0 aromatic heterocycles.